The predicted molar refractivity (Wildman–Crippen MR) is 79.5 cm³/mol. The molecule has 1 aromatic rings. The van der Waals surface area contributed by atoms with Crippen LogP contribution < -0.4 is 5.32 Å². The lowest BCUT2D eigenvalue weighted by atomic mass is 9.94. The lowest BCUT2D eigenvalue weighted by Gasteiger charge is -2.47. The number of nitrogens with zero attached hydrogens (tertiary/aromatic N) is 2. The van der Waals surface area contributed by atoms with Crippen LogP contribution in [0, 0.1) is 13.8 Å². The maximum Gasteiger partial charge on any atom is 0.0475 e. The highest BCUT2D eigenvalue weighted by molar-refractivity contribution is 5.33. The number of fused-ring (bicyclic) bond motifs is 1. The Labute approximate surface area is 116 Å². The van der Waals surface area contributed by atoms with Crippen LogP contribution in [-0.4, -0.2) is 55.6 Å². The summed E-state index contributed by atoms with van der Waals surface area (Å²) in [5, 5.41) is 3.51. The second-order valence-corrected chi connectivity index (χ2v) is 6.17. The number of rotatable bonds is 1. The van der Waals surface area contributed by atoms with E-state index >= 15 is 0 Å². The van der Waals surface area contributed by atoms with Crippen LogP contribution in [-0.2, 0) is 0 Å². The summed E-state index contributed by atoms with van der Waals surface area (Å²) in [6.45, 7) is 10.3. The largest absolute Gasteiger partial charge is 0.314 e. The quantitative estimate of drug-likeness (QED) is 0.826. The van der Waals surface area contributed by atoms with E-state index in [9.17, 15) is 0 Å². The standard InChI is InChI=1S/C16H25N3/c1-12-4-5-13(2)15(8-12)16-11-19-7-6-17-9-14(19)10-18(16)3/h4-5,8,14,16-17H,6-7,9-11H2,1-3H3. The average molecular weight is 259 g/mol. The zero-order chi connectivity index (χ0) is 13.4. The summed E-state index contributed by atoms with van der Waals surface area (Å²) in [4.78, 5) is 5.21. The first-order valence-corrected chi connectivity index (χ1v) is 7.37. The van der Waals surface area contributed by atoms with E-state index in [0.29, 0.717) is 12.1 Å². The Hall–Kier alpha value is -0.900. The summed E-state index contributed by atoms with van der Waals surface area (Å²) in [6.07, 6.45) is 0. The molecule has 2 saturated heterocycles. The van der Waals surface area contributed by atoms with E-state index < -0.39 is 0 Å². The Kier molecular flexibility index (Phi) is 3.61. The normalized spacial score (nSPS) is 29.2. The Morgan fingerprint density at radius 2 is 2.05 bits per heavy atom. The summed E-state index contributed by atoms with van der Waals surface area (Å²) in [5.41, 5.74) is 4.31. The van der Waals surface area contributed by atoms with Crippen LogP contribution in [0.1, 0.15) is 22.7 Å². The zero-order valence-corrected chi connectivity index (χ0v) is 12.3. The van der Waals surface area contributed by atoms with Crippen molar-refractivity contribution in [1.29, 1.82) is 0 Å². The van der Waals surface area contributed by atoms with Gasteiger partial charge in [0.15, 0.2) is 0 Å². The molecule has 2 aliphatic heterocycles. The number of benzene rings is 1. The minimum atomic E-state index is 0.550. The molecule has 3 nitrogen and oxygen atoms in total. The van der Waals surface area contributed by atoms with E-state index in [1.807, 2.05) is 0 Å². The summed E-state index contributed by atoms with van der Waals surface area (Å²) < 4.78 is 0. The molecular formula is C16H25N3. The van der Waals surface area contributed by atoms with Crippen molar-refractivity contribution in [2.45, 2.75) is 25.9 Å². The van der Waals surface area contributed by atoms with Crippen LogP contribution in [0.4, 0.5) is 0 Å². The Morgan fingerprint density at radius 3 is 2.89 bits per heavy atom. The molecule has 0 aliphatic carbocycles. The highest BCUT2D eigenvalue weighted by atomic mass is 15.3. The highest BCUT2D eigenvalue weighted by Crippen LogP contribution is 2.29. The smallest absolute Gasteiger partial charge is 0.0475 e. The van der Waals surface area contributed by atoms with Crippen LogP contribution in [0.5, 0.6) is 0 Å². The van der Waals surface area contributed by atoms with Gasteiger partial charge in [-0.1, -0.05) is 23.8 Å². The van der Waals surface area contributed by atoms with Gasteiger partial charge in [-0.15, -0.1) is 0 Å². The molecule has 2 unspecified atom stereocenters. The number of hydrogen-bond acceptors (Lipinski definition) is 3. The van der Waals surface area contributed by atoms with Crippen molar-refractivity contribution in [2.75, 3.05) is 39.8 Å². The van der Waals surface area contributed by atoms with E-state index in [1.165, 1.54) is 36.3 Å². The third-order valence-corrected chi connectivity index (χ3v) is 4.70. The number of hydrogen-bond donors (Lipinski definition) is 1. The van der Waals surface area contributed by atoms with Crippen LogP contribution in [0.3, 0.4) is 0 Å². The zero-order valence-electron chi connectivity index (χ0n) is 12.3. The van der Waals surface area contributed by atoms with Gasteiger partial charge in [-0.3, -0.25) is 9.80 Å². The molecule has 1 N–H and O–H groups in total. The maximum atomic E-state index is 3.51. The molecule has 2 aliphatic rings. The average Bonchev–Trinajstić information content (AvgIpc) is 2.41. The molecular weight excluding hydrogens is 234 g/mol. The lowest BCUT2D eigenvalue weighted by Crippen LogP contribution is -2.61. The van der Waals surface area contributed by atoms with Crippen molar-refractivity contribution >= 4 is 0 Å². The Bertz CT molecular complexity index is 457. The molecule has 19 heavy (non-hydrogen) atoms. The number of likely N-dealkylation sites (N-methyl/N-ethyl adjacent to an activating group) is 1. The third-order valence-electron chi connectivity index (χ3n) is 4.70. The minimum absolute atomic E-state index is 0.550. The van der Waals surface area contributed by atoms with Gasteiger partial charge in [0.1, 0.15) is 0 Å². The van der Waals surface area contributed by atoms with Crippen LogP contribution >= 0.6 is 0 Å². The molecule has 3 rings (SSSR count). The second kappa shape index (κ2) is 5.23. The van der Waals surface area contributed by atoms with E-state index in [1.54, 1.807) is 0 Å². The fourth-order valence-corrected chi connectivity index (χ4v) is 3.50. The second-order valence-electron chi connectivity index (χ2n) is 6.17. The SMILES string of the molecule is Cc1ccc(C)c(C2CN3CCNCC3CN2C)c1. The summed E-state index contributed by atoms with van der Waals surface area (Å²) in [7, 11) is 2.28. The van der Waals surface area contributed by atoms with Crippen LogP contribution in [0.15, 0.2) is 18.2 Å². The molecule has 0 spiro atoms. The minimum Gasteiger partial charge on any atom is -0.314 e. The van der Waals surface area contributed by atoms with Crippen molar-refractivity contribution < 1.29 is 0 Å². The van der Waals surface area contributed by atoms with Crippen molar-refractivity contribution in [1.82, 2.24) is 15.1 Å². The molecule has 0 saturated carbocycles. The number of piperazine rings is 2. The van der Waals surface area contributed by atoms with Gasteiger partial charge in [-0.25, -0.2) is 0 Å². The highest BCUT2D eigenvalue weighted by Gasteiger charge is 2.34. The van der Waals surface area contributed by atoms with E-state index in [2.05, 4.69) is 54.2 Å². The summed E-state index contributed by atoms with van der Waals surface area (Å²) >= 11 is 0. The van der Waals surface area contributed by atoms with Gasteiger partial charge < -0.3 is 5.32 Å². The first-order valence-electron chi connectivity index (χ1n) is 7.37. The number of nitrogens with one attached hydrogen (secondary N) is 1. The molecule has 3 heteroatoms. The lowest BCUT2D eigenvalue weighted by molar-refractivity contribution is 0.0298. The maximum absolute atomic E-state index is 3.51. The summed E-state index contributed by atoms with van der Waals surface area (Å²) in [5.74, 6) is 0. The first-order chi connectivity index (χ1) is 9.15. The Morgan fingerprint density at radius 1 is 1.21 bits per heavy atom. The van der Waals surface area contributed by atoms with Crippen molar-refractivity contribution in [3.8, 4) is 0 Å². The molecule has 0 amide bonds. The van der Waals surface area contributed by atoms with Crippen LogP contribution in [0.2, 0.25) is 0 Å². The fraction of sp³-hybridized carbons (Fsp3) is 0.625. The topological polar surface area (TPSA) is 18.5 Å². The fourth-order valence-electron chi connectivity index (χ4n) is 3.50. The molecule has 104 valence electrons. The van der Waals surface area contributed by atoms with Crippen LogP contribution in [0.25, 0.3) is 0 Å². The van der Waals surface area contributed by atoms with E-state index in [4.69, 9.17) is 0 Å². The Balaban J connectivity index is 1.85. The monoisotopic (exact) mass is 259 g/mol. The first kappa shape index (κ1) is 13.1. The molecule has 1 aromatic carbocycles. The van der Waals surface area contributed by atoms with Gasteiger partial charge in [0.2, 0.25) is 0 Å². The molecule has 0 radical (unpaired) electrons. The van der Waals surface area contributed by atoms with Gasteiger partial charge in [0.25, 0.3) is 0 Å². The molecule has 2 atom stereocenters. The molecule has 2 fully saturated rings. The van der Waals surface area contributed by atoms with Gasteiger partial charge in [-0.2, -0.15) is 0 Å². The van der Waals surface area contributed by atoms with Gasteiger partial charge in [0, 0.05) is 44.8 Å². The van der Waals surface area contributed by atoms with Crippen molar-refractivity contribution in [2.24, 2.45) is 0 Å². The van der Waals surface area contributed by atoms with Crippen molar-refractivity contribution in [3.05, 3.63) is 34.9 Å². The van der Waals surface area contributed by atoms with Gasteiger partial charge in [0.05, 0.1) is 0 Å². The third kappa shape index (κ3) is 2.55. The van der Waals surface area contributed by atoms with Crippen molar-refractivity contribution in [3.63, 3.8) is 0 Å². The van der Waals surface area contributed by atoms with Gasteiger partial charge in [-0.05, 0) is 32.0 Å². The van der Waals surface area contributed by atoms with E-state index in [-0.39, 0.29) is 0 Å². The number of aryl methyl sites for hydroxylation is 2. The summed E-state index contributed by atoms with van der Waals surface area (Å²) in [6, 6.07) is 8.10. The molecule has 2 heterocycles. The van der Waals surface area contributed by atoms with E-state index in [0.717, 1.165) is 13.1 Å². The molecule has 0 aromatic heterocycles. The molecule has 0 bridgehead atoms. The predicted octanol–water partition coefficient (Wildman–Crippen LogP) is 1.56. The van der Waals surface area contributed by atoms with Gasteiger partial charge >= 0.3 is 0 Å².